The summed E-state index contributed by atoms with van der Waals surface area (Å²) in [7, 11) is 0. The van der Waals surface area contributed by atoms with Crippen LogP contribution in [-0.2, 0) is 4.79 Å². The van der Waals surface area contributed by atoms with Gasteiger partial charge in [-0.1, -0.05) is 39.7 Å². The highest BCUT2D eigenvalue weighted by Gasteiger charge is 2.33. The Balaban J connectivity index is 2.10. The van der Waals surface area contributed by atoms with Crippen molar-refractivity contribution in [3.8, 4) is 0 Å². The number of carbonyl (C=O) groups is 1. The number of nitrogens with two attached hydrogens (primary N) is 1. The largest absolute Gasteiger partial charge is 0.347 e. The number of hydrogen-bond donors (Lipinski definition) is 2. The lowest BCUT2D eigenvalue weighted by Crippen LogP contribution is -2.50. The second kappa shape index (κ2) is 6.27. The summed E-state index contributed by atoms with van der Waals surface area (Å²) in [6.45, 7) is 6.02. The fourth-order valence-corrected chi connectivity index (χ4v) is 3.69. The topological polar surface area (TPSA) is 55.1 Å². The predicted molar refractivity (Wildman–Crippen MR) is 84.6 cm³/mol. The lowest BCUT2D eigenvalue weighted by Gasteiger charge is -2.30. The Morgan fingerprint density at radius 1 is 1.40 bits per heavy atom. The minimum atomic E-state index is -0.466. The second-order valence-electron chi connectivity index (χ2n) is 6.89. The Kier molecular flexibility index (Phi) is 4.86. The number of rotatable bonds is 4. The van der Waals surface area contributed by atoms with Crippen LogP contribution in [0.5, 0.6) is 0 Å². The van der Waals surface area contributed by atoms with E-state index in [4.69, 9.17) is 5.73 Å². The number of nitrogens with one attached hydrogen (secondary N) is 1. The smallest absolute Gasteiger partial charge is 0.237 e. The van der Waals surface area contributed by atoms with Crippen LogP contribution in [-0.4, -0.2) is 11.9 Å². The summed E-state index contributed by atoms with van der Waals surface area (Å²) < 4.78 is 0. The average molecular weight is 294 g/mol. The highest BCUT2D eigenvalue weighted by molar-refractivity contribution is 7.10. The Labute approximate surface area is 125 Å². The predicted octanol–water partition coefficient (Wildman–Crippen LogP) is 3.47. The Bertz CT molecular complexity index is 430. The van der Waals surface area contributed by atoms with Gasteiger partial charge in [-0.05, 0) is 35.6 Å². The van der Waals surface area contributed by atoms with Crippen LogP contribution in [0, 0.1) is 11.3 Å². The zero-order valence-electron chi connectivity index (χ0n) is 12.7. The van der Waals surface area contributed by atoms with Crippen LogP contribution in [0.2, 0.25) is 0 Å². The molecule has 1 fully saturated rings. The van der Waals surface area contributed by atoms with Gasteiger partial charge in [0.25, 0.3) is 0 Å². The Morgan fingerprint density at radius 3 is 2.55 bits per heavy atom. The van der Waals surface area contributed by atoms with Crippen LogP contribution in [0.3, 0.4) is 0 Å². The lowest BCUT2D eigenvalue weighted by molar-refractivity contribution is -0.125. The van der Waals surface area contributed by atoms with E-state index >= 15 is 0 Å². The first-order valence-electron chi connectivity index (χ1n) is 7.49. The molecule has 3 N–H and O–H groups in total. The molecule has 2 unspecified atom stereocenters. The monoisotopic (exact) mass is 294 g/mol. The van der Waals surface area contributed by atoms with Crippen LogP contribution >= 0.6 is 11.3 Å². The Hall–Kier alpha value is -0.870. The first-order chi connectivity index (χ1) is 9.39. The molecule has 1 aliphatic rings. The molecule has 2 rings (SSSR count). The number of thiophene rings is 1. The fourth-order valence-electron chi connectivity index (χ4n) is 2.82. The van der Waals surface area contributed by atoms with Gasteiger partial charge in [-0.3, -0.25) is 4.79 Å². The third kappa shape index (κ3) is 3.61. The number of carbonyl (C=O) groups excluding carboxylic acids is 1. The number of hydrogen-bond acceptors (Lipinski definition) is 3. The molecule has 0 aliphatic heterocycles. The van der Waals surface area contributed by atoms with Crippen LogP contribution in [0.25, 0.3) is 0 Å². The summed E-state index contributed by atoms with van der Waals surface area (Å²) >= 11 is 1.72. The third-order valence-corrected chi connectivity index (χ3v) is 5.19. The zero-order chi connectivity index (χ0) is 14.8. The summed E-state index contributed by atoms with van der Waals surface area (Å²) in [5.41, 5.74) is 5.88. The molecule has 1 heterocycles. The van der Waals surface area contributed by atoms with Crippen LogP contribution < -0.4 is 11.1 Å². The van der Waals surface area contributed by atoms with Crippen LogP contribution in [0.15, 0.2) is 17.5 Å². The van der Waals surface area contributed by atoms with Crippen molar-refractivity contribution in [3.05, 3.63) is 22.4 Å². The molecule has 0 aromatic carbocycles. The molecule has 2 atom stereocenters. The fraction of sp³-hybridized carbons (Fsp3) is 0.688. The first-order valence-corrected chi connectivity index (χ1v) is 8.37. The van der Waals surface area contributed by atoms with Crippen molar-refractivity contribution in [1.82, 2.24) is 5.32 Å². The highest BCUT2D eigenvalue weighted by Crippen LogP contribution is 2.37. The highest BCUT2D eigenvalue weighted by atomic mass is 32.1. The molecule has 3 nitrogen and oxygen atoms in total. The van der Waals surface area contributed by atoms with Crippen LogP contribution in [0.4, 0.5) is 0 Å². The molecule has 0 spiro atoms. The molecule has 4 heteroatoms. The van der Waals surface area contributed by atoms with Gasteiger partial charge in [0.05, 0.1) is 12.1 Å². The van der Waals surface area contributed by atoms with Gasteiger partial charge in [0.1, 0.15) is 0 Å². The van der Waals surface area contributed by atoms with Crippen molar-refractivity contribution >= 4 is 17.2 Å². The third-order valence-electron chi connectivity index (χ3n) is 4.23. The zero-order valence-corrected chi connectivity index (χ0v) is 13.5. The number of amides is 1. The molecule has 0 saturated heterocycles. The summed E-state index contributed by atoms with van der Waals surface area (Å²) in [5.74, 6) is 0.535. The van der Waals surface area contributed by atoms with Gasteiger partial charge in [-0.2, -0.15) is 0 Å². The molecular weight excluding hydrogens is 268 g/mol. The van der Waals surface area contributed by atoms with Crippen molar-refractivity contribution in [3.63, 3.8) is 0 Å². The maximum absolute atomic E-state index is 12.4. The minimum absolute atomic E-state index is 0.0252. The van der Waals surface area contributed by atoms with Gasteiger partial charge in [0.2, 0.25) is 5.91 Å². The molecule has 1 aromatic heterocycles. The van der Waals surface area contributed by atoms with Gasteiger partial charge in [0.15, 0.2) is 0 Å². The van der Waals surface area contributed by atoms with E-state index in [0.717, 1.165) is 0 Å². The molecule has 1 aliphatic carbocycles. The van der Waals surface area contributed by atoms with Gasteiger partial charge < -0.3 is 11.1 Å². The van der Waals surface area contributed by atoms with E-state index in [9.17, 15) is 4.79 Å². The summed E-state index contributed by atoms with van der Waals surface area (Å²) in [6.07, 6.45) is 4.95. The van der Waals surface area contributed by atoms with E-state index in [2.05, 4.69) is 22.8 Å². The second-order valence-corrected chi connectivity index (χ2v) is 7.87. The maximum atomic E-state index is 12.4. The summed E-state index contributed by atoms with van der Waals surface area (Å²) in [4.78, 5) is 13.7. The van der Waals surface area contributed by atoms with E-state index in [1.54, 1.807) is 11.3 Å². The van der Waals surface area contributed by atoms with Gasteiger partial charge in [-0.15, -0.1) is 11.3 Å². The van der Waals surface area contributed by atoms with E-state index < -0.39 is 6.04 Å². The average Bonchev–Trinajstić information content (AvgIpc) is 3.06. The van der Waals surface area contributed by atoms with Gasteiger partial charge in [-0.25, -0.2) is 0 Å². The van der Waals surface area contributed by atoms with E-state index in [-0.39, 0.29) is 17.4 Å². The molecule has 1 amide bonds. The minimum Gasteiger partial charge on any atom is -0.347 e. The molecule has 1 saturated carbocycles. The Morgan fingerprint density at radius 2 is 2.05 bits per heavy atom. The van der Waals surface area contributed by atoms with Crippen LogP contribution in [0.1, 0.15) is 57.4 Å². The molecule has 20 heavy (non-hydrogen) atoms. The lowest BCUT2D eigenvalue weighted by atomic mass is 9.86. The molecule has 0 bridgehead atoms. The van der Waals surface area contributed by atoms with Gasteiger partial charge in [0, 0.05) is 4.88 Å². The van der Waals surface area contributed by atoms with Crippen molar-refractivity contribution in [2.24, 2.45) is 17.1 Å². The molecule has 112 valence electrons. The quantitative estimate of drug-likeness (QED) is 0.893. The molecular formula is C16H26N2OS. The maximum Gasteiger partial charge on any atom is 0.237 e. The standard InChI is InChI=1S/C16H26N2OS/c1-16(2,3)14(17)15(19)18-13(11-7-4-5-8-11)12-9-6-10-20-12/h6,9-11,13-14H,4-5,7-8,17H2,1-3H3,(H,18,19). The van der Waals surface area contributed by atoms with Crippen molar-refractivity contribution in [2.75, 3.05) is 0 Å². The van der Waals surface area contributed by atoms with Crippen molar-refractivity contribution in [1.29, 1.82) is 0 Å². The van der Waals surface area contributed by atoms with Crippen molar-refractivity contribution in [2.45, 2.75) is 58.5 Å². The summed E-state index contributed by atoms with van der Waals surface area (Å²) in [6, 6.07) is 3.85. The van der Waals surface area contributed by atoms with E-state index in [1.165, 1.54) is 30.6 Å². The normalized spacial score (nSPS) is 19.8. The van der Waals surface area contributed by atoms with E-state index in [0.29, 0.717) is 5.92 Å². The van der Waals surface area contributed by atoms with Gasteiger partial charge >= 0.3 is 0 Å². The molecule has 0 radical (unpaired) electrons. The SMILES string of the molecule is CC(C)(C)C(N)C(=O)NC(c1cccs1)C1CCCC1. The van der Waals surface area contributed by atoms with E-state index in [1.807, 2.05) is 20.8 Å². The first kappa shape index (κ1) is 15.5. The molecule has 1 aromatic rings. The summed E-state index contributed by atoms with van der Waals surface area (Å²) in [5, 5.41) is 5.29. The van der Waals surface area contributed by atoms with Crippen molar-refractivity contribution < 1.29 is 4.79 Å².